The molecule has 1 aliphatic rings. The van der Waals surface area contributed by atoms with Gasteiger partial charge in [0, 0.05) is 20.1 Å². The summed E-state index contributed by atoms with van der Waals surface area (Å²) in [6, 6.07) is 29.5. The zero-order valence-corrected chi connectivity index (χ0v) is 21.8. The predicted molar refractivity (Wildman–Crippen MR) is 145 cm³/mol. The second-order valence-corrected chi connectivity index (χ2v) is 9.92. The maximum Gasteiger partial charge on any atom is 0.263 e. The van der Waals surface area contributed by atoms with Crippen molar-refractivity contribution in [1.82, 2.24) is 9.80 Å². The van der Waals surface area contributed by atoms with Crippen LogP contribution in [0.1, 0.15) is 46.5 Å². The summed E-state index contributed by atoms with van der Waals surface area (Å²) in [5.74, 6) is 1.37. The van der Waals surface area contributed by atoms with Gasteiger partial charge in [-0.1, -0.05) is 66.2 Å². The topological polar surface area (TPSA) is 45.9 Å². The highest BCUT2D eigenvalue weighted by atomic mass is 16.5. The summed E-state index contributed by atoms with van der Waals surface area (Å²) in [5.41, 5.74) is 6.42. The molecular weight excluding hydrogens is 460 g/mol. The number of carbonyl (C=O) groups is 1. The molecule has 4 aromatic rings. The number of fused-ring (bicyclic) bond motifs is 1. The van der Waals surface area contributed by atoms with Gasteiger partial charge in [0.15, 0.2) is 6.10 Å². The molecule has 1 aromatic heterocycles. The van der Waals surface area contributed by atoms with Crippen LogP contribution in [0.15, 0.2) is 95.6 Å². The molecule has 0 saturated carbocycles. The Kier molecular flexibility index (Phi) is 7.42. The molecule has 0 spiro atoms. The zero-order valence-electron chi connectivity index (χ0n) is 21.8. The van der Waals surface area contributed by atoms with Crippen LogP contribution in [0, 0.1) is 6.92 Å². The molecule has 5 rings (SSSR count). The Labute approximate surface area is 219 Å². The first kappa shape index (κ1) is 24.8. The van der Waals surface area contributed by atoms with Crippen LogP contribution in [0.4, 0.5) is 0 Å². The number of nitrogens with zero attached hydrogens (tertiary/aromatic N) is 2. The Balaban J connectivity index is 1.39. The summed E-state index contributed by atoms with van der Waals surface area (Å²) in [6.07, 6.45) is 1.98. The van der Waals surface area contributed by atoms with Gasteiger partial charge in [0.1, 0.15) is 11.5 Å². The Morgan fingerprint density at radius 1 is 1.05 bits per heavy atom. The number of benzene rings is 3. The lowest BCUT2D eigenvalue weighted by molar-refractivity contribution is -0.137. The third-order valence-electron chi connectivity index (χ3n) is 7.04. The first-order chi connectivity index (χ1) is 18.0. The zero-order chi connectivity index (χ0) is 25.8. The molecule has 1 amide bonds. The average Bonchev–Trinajstić information content (AvgIpc) is 3.41. The van der Waals surface area contributed by atoms with Crippen LogP contribution in [0.3, 0.4) is 0 Å². The second-order valence-electron chi connectivity index (χ2n) is 9.92. The normalized spacial score (nSPS) is 16.1. The first-order valence-corrected chi connectivity index (χ1v) is 12.9. The number of aryl methyl sites for hydroxylation is 1. The first-order valence-electron chi connectivity index (χ1n) is 12.9. The van der Waals surface area contributed by atoms with Gasteiger partial charge in [-0.15, -0.1) is 0 Å². The molecule has 2 heterocycles. The number of ether oxygens (including phenoxy) is 1. The molecule has 2 unspecified atom stereocenters. The number of carbonyl (C=O) groups excluding carboxylic acids is 1. The highest BCUT2D eigenvalue weighted by molar-refractivity contribution is 5.80. The van der Waals surface area contributed by atoms with E-state index < -0.39 is 6.10 Å². The number of likely N-dealkylation sites (N-methyl/N-ethyl adjacent to an activating group) is 1. The lowest BCUT2D eigenvalue weighted by atomic mass is 9.87. The minimum Gasteiger partial charge on any atom is -0.481 e. The van der Waals surface area contributed by atoms with E-state index in [1.165, 1.54) is 27.8 Å². The van der Waals surface area contributed by atoms with Crippen molar-refractivity contribution in [2.45, 2.75) is 45.5 Å². The summed E-state index contributed by atoms with van der Waals surface area (Å²) < 4.78 is 11.6. The van der Waals surface area contributed by atoms with Crippen LogP contribution in [0.5, 0.6) is 5.75 Å². The smallest absolute Gasteiger partial charge is 0.263 e. The van der Waals surface area contributed by atoms with E-state index in [-0.39, 0.29) is 11.9 Å². The Bertz CT molecular complexity index is 1330. The van der Waals surface area contributed by atoms with E-state index in [9.17, 15) is 4.79 Å². The fourth-order valence-electron chi connectivity index (χ4n) is 5.24. The number of furan rings is 1. The lowest BCUT2D eigenvalue weighted by Gasteiger charge is -2.38. The van der Waals surface area contributed by atoms with Crippen molar-refractivity contribution >= 4 is 5.91 Å². The van der Waals surface area contributed by atoms with Gasteiger partial charge in [0.05, 0.1) is 18.8 Å². The summed E-state index contributed by atoms with van der Waals surface area (Å²) in [4.78, 5) is 17.2. The van der Waals surface area contributed by atoms with Crippen LogP contribution in [0.2, 0.25) is 0 Å². The Hall–Kier alpha value is -3.83. The quantitative estimate of drug-likeness (QED) is 0.294. The van der Waals surface area contributed by atoms with E-state index in [2.05, 4.69) is 78.6 Å². The van der Waals surface area contributed by atoms with E-state index in [1.807, 2.05) is 18.2 Å². The molecule has 0 saturated heterocycles. The molecule has 5 nitrogen and oxygen atoms in total. The van der Waals surface area contributed by atoms with Crippen molar-refractivity contribution < 1.29 is 13.9 Å². The van der Waals surface area contributed by atoms with Gasteiger partial charge >= 0.3 is 0 Å². The summed E-state index contributed by atoms with van der Waals surface area (Å²) in [6.45, 7) is 6.21. The number of hydrogen-bond donors (Lipinski definition) is 0. The molecular formula is C32H34N2O3. The number of hydrogen-bond acceptors (Lipinski definition) is 4. The van der Waals surface area contributed by atoms with Crippen molar-refractivity contribution in [1.29, 1.82) is 0 Å². The standard InChI is InChI=1S/C32H34N2O3/c1-23-9-7-10-25(19-23)21-34-17-16-26-14-15-28(20-30(26)31(34)27-11-5-4-6-12-27)37-24(2)32(35)33(3)22-29-13-8-18-36-29/h4-15,18-20,24,31H,16-17,21-22H2,1-3H3. The van der Waals surface area contributed by atoms with Gasteiger partial charge in [0.2, 0.25) is 0 Å². The Morgan fingerprint density at radius 2 is 1.89 bits per heavy atom. The van der Waals surface area contributed by atoms with Gasteiger partial charge in [0.25, 0.3) is 5.91 Å². The van der Waals surface area contributed by atoms with E-state index in [0.717, 1.165) is 25.3 Å². The molecule has 0 radical (unpaired) electrons. The van der Waals surface area contributed by atoms with E-state index >= 15 is 0 Å². The minimum atomic E-state index is -0.611. The molecule has 0 N–H and O–H groups in total. The van der Waals surface area contributed by atoms with Crippen molar-refractivity contribution in [3.8, 4) is 5.75 Å². The number of rotatable bonds is 8. The molecule has 3 aromatic carbocycles. The van der Waals surface area contributed by atoms with E-state index in [0.29, 0.717) is 12.3 Å². The second kappa shape index (κ2) is 11.1. The summed E-state index contributed by atoms with van der Waals surface area (Å²) in [5, 5.41) is 0. The molecule has 190 valence electrons. The highest BCUT2D eigenvalue weighted by Gasteiger charge is 2.30. The van der Waals surface area contributed by atoms with E-state index in [1.54, 1.807) is 25.1 Å². The van der Waals surface area contributed by atoms with Crippen LogP contribution in [-0.4, -0.2) is 35.4 Å². The van der Waals surface area contributed by atoms with Crippen LogP contribution >= 0.6 is 0 Å². The largest absolute Gasteiger partial charge is 0.481 e. The van der Waals surface area contributed by atoms with Crippen LogP contribution < -0.4 is 4.74 Å². The molecule has 37 heavy (non-hydrogen) atoms. The van der Waals surface area contributed by atoms with Gasteiger partial charge < -0.3 is 14.1 Å². The van der Waals surface area contributed by atoms with Crippen molar-refractivity contribution in [3.63, 3.8) is 0 Å². The fourth-order valence-corrected chi connectivity index (χ4v) is 5.24. The molecule has 5 heteroatoms. The monoisotopic (exact) mass is 494 g/mol. The summed E-state index contributed by atoms with van der Waals surface area (Å²) >= 11 is 0. The minimum absolute atomic E-state index is 0.0881. The fraction of sp³-hybridized carbons (Fsp3) is 0.281. The SMILES string of the molecule is Cc1cccc(CN2CCc3ccc(OC(C)C(=O)N(C)Cc4ccco4)cc3C2c2ccccc2)c1. The van der Waals surface area contributed by atoms with Gasteiger partial charge in [-0.05, 0) is 66.8 Å². The predicted octanol–water partition coefficient (Wildman–Crippen LogP) is 6.16. The third kappa shape index (κ3) is 5.78. The molecule has 0 fully saturated rings. The average molecular weight is 495 g/mol. The Morgan fingerprint density at radius 3 is 2.65 bits per heavy atom. The van der Waals surface area contributed by atoms with Crippen LogP contribution in [0.25, 0.3) is 0 Å². The van der Waals surface area contributed by atoms with Gasteiger partial charge in [-0.3, -0.25) is 9.69 Å². The maximum atomic E-state index is 13.0. The lowest BCUT2D eigenvalue weighted by Crippen LogP contribution is -2.38. The molecule has 0 bridgehead atoms. The summed E-state index contributed by atoms with van der Waals surface area (Å²) in [7, 11) is 1.77. The van der Waals surface area contributed by atoms with E-state index in [4.69, 9.17) is 9.15 Å². The number of amides is 1. The highest BCUT2D eigenvalue weighted by Crippen LogP contribution is 2.38. The maximum absolute atomic E-state index is 13.0. The molecule has 1 aliphatic heterocycles. The van der Waals surface area contributed by atoms with Crippen LogP contribution in [-0.2, 0) is 24.3 Å². The molecule has 2 atom stereocenters. The third-order valence-corrected chi connectivity index (χ3v) is 7.04. The van der Waals surface area contributed by atoms with Crippen molar-refractivity contribution in [2.24, 2.45) is 0 Å². The molecule has 0 aliphatic carbocycles. The van der Waals surface area contributed by atoms with Crippen molar-refractivity contribution in [3.05, 3.63) is 125 Å². The van der Waals surface area contributed by atoms with Crippen molar-refractivity contribution in [2.75, 3.05) is 13.6 Å². The van der Waals surface area contributed by atoms with Gasteiger partial charge in [-0.2, -0.15) is 0 Å². The van der Waals surface area contributed by atoms with Gasteiger partial charge in [-0.25, -0.2) is 0 Å².